The summed E-state index contributed by atoms with van der Waals surface area (Å²) >= 11 is 1.17. The maximum atomic E-state index is 14.7. The topological polar surface area (TPSA) is 97.2 Å². The quantitative estimate of drug-likeness (QED) is 0.0870. The van der Waals surface area contributed by atoms with Crippen LogP contribution in [-0.4, -0.2) is 22.4 Å². The highest BCUT2D eigenvalue weighted by Gasteiger charge is 2.30. The summed E-state index contributed by atoms with van der Waals surface area (Å²) in [5.41, 5.74) is -2.18. The molecule has 0 saturated heterocycles. The van der Waals surface area contributed by atoms with Crippen LogP contribution in [0.2, 0.25) is 0 Å². The van der Waals surface area contributed by atoms with Crippen molar-refractivity contribution in [2.45, 2.75) is 19.8 Å². The molecule has 0 aliphatic heterocycles. The third-order valence-electron chi connectivity index (χ3n) is 5.31. The minimum absolute atomic E-state index is 0.0725. The van der Waals surface area contributed by atoms with E-state index in [0.717, 1.165) is 22.9 Å². The Kier molecular flexibility index (Phi) is 7.15. The van der Waals surface area contributed by atoms with Crippen molar-refractivity contribution in [1.29, 1.82) is 0 Å². The number of nitro groups is 1. The van der Waals surface area contributed by atoms with Gasteiger partial charge < -0.3 is 10.6 Å². The molecular weight excluding hydrogens is 500 g/mol. The van der Waals surface area contributed by atoms with Gasteiger partial charge in [0.2, 0.25) is 0 Å². The van der Waals surface area contributed by atoms with Gasteiger partial charge in [0, 0.05) is 24.2 Å². The normalized spacial score (nSPS) is 11.0. The van der Waals surface area contributed by atoms with Crippen LogP contribution in [0.5, 0.6) is 0 Å². The molecule has 7 nitrogen and oxygen atoms in total. The molecule has 12 heteroatoms. The summed E-state index contributed by atoms with van der Waals surface area (Å²) in [5, 5.41) is 16.1. The first-order valence-corrected chi connectivity index (χ1v) is 11.6. The number of carbonyl (C=O) groups excluding carboxylic acids is 1. The van der Waals surface area contributed by atoms with Crippen LogP contribution < -0.4 is 10.6 Å². The molecule has 1 heterocycles. The number of carbonyl (C=O) groups is 1. The number of aromatic nitrogens is 1. The standard InChI is InChI=1S/C24H18F4N4O3S/c1-2-3-10-29-22-20(27)18(25)17(19(26)21(22)28)23(33)30-14-9-8-12(32(34)35)11-13(14)24-31-15-6-4-5-7-16(15)36-24/h4-9,11,29H,2-3,10H2,1H3,(H,30,33). The summed E-state index contributed by atoms with van der Waals surface area (Å²) in [5.74, 6) is -8.67. The van der Waals surface area contributed by atoms with Crippen molar-refractivity contribution >= 4 is 44.5 Å². The van der Waals surface area contributed by atoms with Crippen LogP contribution in [0.25, 0.3) is 20.8 Å². The smallest absolute Gasteiger partial charge is 0.270 e. The summed E-state index contributed by atoms with van der Waals surface area (Å²) in [6, 6.07) is 10.4. The molecule has 4 rings (SSSR count). The van der Waals surface area contributed by atoms with Gasteiger partial charge in [0.1, 0.15) is 16.3 Å². The van der Waals surface area contributed by atoms with Gasteiger partial charge in [-0.2, -0.15) is 0 Å². The molecule has 0 spiro atoms. The van der Waals surface area contributed by atoms with Gasteiger partial charge >= 0.3 is 0 Å². The van der Waals surface area contributed by atoms with Crippen molar-refractivity contribution in [3.8, 4) is 10.6 Å². The van der Waals surface area contributed by atoms with E-state index in [-0.39, 0.29) is 28.5 Å². The first kappa shape index (κ1) is 25.0. The Bertz CT molecular complexity index is 1430. The molecule has 3 aromatic carbocycles. The number of rotatable bonds is 8. The molecule has 2 N–H and O–H groups in total. The number of non-ortho nitro benzene ring substituents is 1. The van der Waals surface area contributed by atoms with Crippen LogP contribution in [0.15, 0.2) is 42.5 Å². The Labute approximate surface area is 205 Å². The Morgan fingerprint density at radius 3 is 2.39 bits per heavy atom. The molecule has 0 saturated carbocycles. The number of nitrogens with zero attached hydrogens (tertiary/aromatic N) is 2. The Hall–Kier alpha value is -4.06. The lowest BCUT2D eigenvalue weighted by Crippen LogP contribution is -2.20. The molecular formula is C24H18F4N4O3S. The number of nitrogens with one attached hydrogen (secondary N) is 2. The maximum Gasteiger partial charge on any atom is 0.270 e. The van der Waals surface area contributed by atoms with E-state index < -0.39 is 45.4 Å². The van der Waals surface area contributed by atoms with E-state index in [1.165, 1.54) is 11.3 Å². The van der Waals surface area contributed by atoms with Gasteiger partial charge in [-0.1, -0.05) is 25.5 Å². The second-order valence-corrected chi connectivity index (χ2v) is 8.74. The zero-order valence-electron chi connectivity index (χ0n) is 18.7. The lowest BCUT2D eigenvalue weighted by molar-refractivity contribution is -0.384. The van der Waals surface area contributed by atoms with E-state index in [4.69, 9.17) is 0 Å². The monoisotopic (exact) mass is 518 g/mol. The third-order valence-corrected chi connectivity index (χ3v) is 6.38. The van der Waals surface area contributed by atoms with Crippen molar-refractivity contribution < 1.29 is 27.3 Å². The first-order valence-electron chi connectivity index (χ1n) is 10.8. The molecule has 0 aliphatic rings. The highest BCUT2D eigenvalue weighted by Crippen LogP contribution is 2.37. The van der Waals surface area contributed by atoms with Gasteiger partial charge in [-0.15, -0.1) is 11.3 Å². The fourth-order valence-electron chi connectivity index (χ4n) is 3.48. The minimum Gasteiger partial charge on any atom is -0.380 e. The number of nitro benzene ring substituents is 1. The molecule has 1 aromatic heterocycles. The van der Waals surface area contributed by atoms with Crippen LogP contribution in [0, 0.1) is 33.4 Å². The van der Waals surface area contributed by atoms with Gasteiger partial charge in [-0.05, 0) is 24.6 Å². The number of hydrogen-bond donors (Lipinski definition) is 2. The number of thiazole rings is 1. The van der Waals surface area contributed by atoms with Gasteiger partial charge in [-0.25, -0.2) is 22.5 Å². The van der Waals surface area contributed by atoms with E-state index in [0.29, 0.717) is 18.4 Å². The van der Waals surface area contributed by atoms with Crippen molar-refractivity contribution in [3.63, 3.8) is 0 Å². The second-order valence-electron chi connectivity index (χ2n) is 7.71. The van der Waals surface area contributed by atoms with Crippen LogP contribution in [0.1, 0.15) is 30.1 Å². The minimum atomic E-state index is -1.87. The molecule has 186 valence electrons. The van der Waals surface area contributed by atoms with Crippen molar-refractivity contribution in [2.75, 3.05) is 17.2 Å². The number of amides is 1. The van der Waals surface area contributed by atoms with Gasteiger partial charge in [0.25, 0.3) is 11.6 Å². The van der Waals surface area contributed by atoms with Gasteiger partial charge in [0.15, 0.2) is 23.3 Å². The van der Waals surface area contributed by atoms with Gasteiger partial charge in [-0.3, -0.25) is 14.9 Å². The average molecular weight is 518 g/mol. The van der Waals surface area contributed by atoms with Crippen molar-refractivity contribution in [2.24, 2.45) is 0 Å². The van der Waals surface area contributed by atoms with E-state index in [1.807, 2.05) is 6.92 Å². The first-order chi connectivity index (χ1) is 17.2. The van der Waals surface area contributed by atoms with Crippen molar-refractivity contribution in [3.05, 3.63) is 81.4 Å². The largest absolute Gasteiger partial charge is 0.380 e. The molecule has 0 aliphatic carbocycles. The molecule has 36 heavy (non-hydrogen) atoms. The Balaban J connectivity index is 1.75. The molecule has 0 atom stereocenters. The fourth-order valence-corrected chi connectivity index (χ4v) is 4.48. The van der Waals surface area contributed by atoms with Crippen LogP contribution in [0.3, 0.4) is 0 Å². The van der Waals surface area contributed by atoms with Crippen LogP contribution in [0.4, 0.5) is 34.6 Å². The number of hydrogen-bond acceptors (Lipinski definition) is 6. The number of fused-ring (bicyclic) bond motifs is 1. The molecule has 0 bridgehead atoms. The highest BCUT2D eigenvalue weighted by atomic mass is 32.1. The lowest BCUT2D eigenvalue weighted by atomic mass is 10.1. The van der Waals surface area contributed by atoms with Crippen molar-refractivity contribution in [1.82, 2.24) is 4.98 Å². The maximum absolute atomic E-state index is 14.7. The zero-order valence-corrected chi connectivity index (χ0v) is 19.5. The number of para-hydroxylation sites is 1. The van der Waals surface area contributed by atoms with E-state index >= 15 is 0 Å². The lowest BCUT2D eigenvalue weighted by Gasteiger charge is -2.14. The summed E-state index contributed by atoms with van der Waals surface area (Å²) in [6.07, 6.45) is 1.17. The summed E-state index contributed by atoms with van der Waals surface area (Å²) < 4.78 is 59.2. The number of anilines is 2. The second kappa shape index (κ2) is 10.3. The van der Waals surface area contributed by atoms with Crippen LogP contribution >= 0.6 is 11.3 Å². The number of benzene rings is 3. The molecule has 1 amide bonds. The van der Waals surface area contributed by atoms with E-state index in [9.17, 15) is 32.5 Å². The number of halogens is 4. The SMILES string of the molecule is CCCCNc1c(F)c(F)c(C(=O)Nc2ccc([N+](=O)[O-])cc2-c2nc3ccccc3s2)c(F)c1F. The predicted octanol–water partition coefficient (Wildman–Crippen LogP) is 6.89. The molecule has 0 unspecified atom stereocenters. The van der Waals surface area contributed by atoms with Crippen LogP contribution in [-0.2, 0) is 0 Å². The molecule has 0 fully saturated rings. The summed E-state index contributed by atoms with van der Waals surface area (Å²) in [4.78, 5) is 27.9. The van der Waals surface area contributed by atoms with E-state index in [1.54, 1.807) is 24.3 Å². The van der Waals surface area contributed by atoms with Gasteiger partial charge in [0.05, 0.1) is 20.8 Å². The van der Waals surface area contributed by atoms with E-state index in [2.05, 4.69) is 15.6 Å². The highest BCUT2D eigenvalue weighted by molar-refractivity contribution is 7.21. The molecule has 4 aromatic rings. The Morgan fingerprint density at radius 1 is 1.06 bits per heavy atom. The zero-order chi connectivity index (χ0) is 26.0. The summed E-state index contributed by atoms with van der Waals surface area (Å²) in [6.45, 7) is 1.90. The Morgan fingerprint density at radius 2 is 1.75 bits per heavy atom. The predicted molar refractivity (Wildman–Crippen MR) is 129 cm³/mol. The fraction of sp³-hybridized carbons (Fsp3) is 0.167. The third kappa shape index (κ3) is 4.71. The molecule has 0 radical (unpaired) electrons. The average Bonchev–Trinajstić information content (AvgIpc) is 3.29. The summed E-state index contributed by atoms with van der Waals surface area (Å²) in [7, 11) is 0. The number of unbranched alkanes of at least 4 members (excludes halogenated alkanes) is 1.